The van der Waals surface area contributed by atoms with Gasteiger partial charge < -0.3 is 15.2 Å². The number of rotatable bonds is 9. The van der Waals surface area contributed by atoms with Gasteiger partial charge in [-0.25, -0.2) is 9.97 Å². The fraction of sp³-hybridized carbons (Fsp3) is 0.154. The third kappa shape index (κ3) is 5.61. The van der Waals surface area contributed by atoms with E-state index >= 15 is 0 Å². The van der Waals surface area contributed by atoms with Crippen molar-refractivity contribution < 1.29 is 9.47 Å². The lowest BCUT2D eigenvalue weighted by Gasteiger charge is -2.13. The molecule has 0 spiro atoms. The maximum atomic E-state index is 10.0. The lowest BCUT2D eigenvalue weighted by Crippen LogP contribution is -2.05. The SMILES string of the molecule is COCCOc1ccc(-c2c(C#N)c(N)nc(SCc3csc(-c4ccccc4)n3)c2C#N)cc1. The molecule has 2 heterocycles. The quantitative estimate of drug-likeness (QED) is 0.236. The third-order valence-electron chi connectivity index (χ3n) is 5.04. The van der Waals surface area contributed by atoms with Gasteiger partial charge in [-0.2, -0.15) is 10.5 Å². The summed E-state index contributed by atoms with van der Waals surface area (Å²) in [6.07, 6.45) is 0. The summed E-state index contributed by atoms with van der Waals surface area (Å²) < 4.78 is 10.6. The van der Waals surface area contributed by atoms with Crippen LogP contribution in [0.4, 0.5) is 5.82 Å². The number of pyridine rings is 1. The van der Waals surface area contributed by atoms with E-state index in [0.29, 0.717) is 46.4 Å². The molecule has 174 valence electrons. The first-order valence-electron chi connectivity index (χ1n) is 10.6. The van der Waals surface area contributed by atoms with E-state index in [9.17, 15) is 10.5 Å². The lowest BCUT2D eigenvalue weighted by molar-refractivity contribution is 0.146. The zero-order valence-electron chi connectivity index (χ0n) is 18.9. The van der Waals surface area contributed by atoms with Crippen molar-refractivity contribution in [3.63, 3.8) is 0 Å². The Morgan fingerprint density at radius 2 is 1.69 bits per heavy atom. The normalized spacial score (nSPS) is 10.5. The maximum absolute atomic E-state index is 10.0. The van der Waals surface area contributed by atoms with Crippen LogP contribution < -0.4 is 10.5 Å². The second-order valence-corrected chi connectivity index (χ2v) is 9.14. The number of methoxy groups -OCH3 is 1. The Kier molecular flexibility index (Phi) is 7.96. The summed E-state index contributed by atoms with van der Waals surface area (Å²) in [6.45, 7) is 0.903. The van der Waals surface area contributed by atoms with Crippen LogP contribution >= 0.6 is 23.1 Å². The average Bonchev–Trinajstić information content (AvgIpc) is 3.37. The van der Waals surface area contributed by atoms with Gasteiger partial charge in [0.25, 0.3) is 0 Å². The summed E-state index contributed by atoms with van der Waals surface area (Å²) in [6, 6.07) is 21.5. The molecule has 0 aliphatic carbocycles. The molecule has 4 rings (SSSR count). The summed E-state index contributed by atoms with van der Waals surface area (Å²) in [4.78, 5) is 9.09. The molecule has 0 saturated heterocycles. The number of nitrogens with two attached hydrogens (primary N) is 1. The molecular weight excluding hydrogens is 478 g/mol. The Hall–Kier alpha value is -3.89. The lowest BCUT2D eigenvalue weighted by atomic mass is 9.97. The van der Waals surface area contributed by atoms with E-state index in [4.69, 9.17) is 20.2 Å². The largest absolute Gasteiger partial charge is 0.491 e. The maximum Gasteiger partial charge on any atom is 0.143 e. The minimum Gasteiger partial charge on any atom is -0.491 e. The van der Waals surface area contributed by atoms with Gasteiger partial charge in [0.05, 0.1) is 17.9 Å². The van der Waals surface area contributed by atoms with Gasteiger partial charge in [0.15, 0.2) is 0 Å². The van der Waals surface area contributed by atoms with E-state index in [1.807, 2.05) is 35.7 Å². The van der Waals surface area contributed by atoms with Gasteiger partial charge >= 0.3 is 0 Å². The number of ether oxygens (including phenoxy) is 2. The molecule has 35 heavy (non-hydrogen) atoms. The standard InChI is InChI=1S/C26H21N5O2S2/c1-32-11-12-33-20-9-7-17(8-10-20)23-21(13-27)24(29)31-26(22(23)14-28)35-16-19-15-34-25(30-19)18-5-3-2-4-6-18/h2-10,15H,11-12,16H2,1H3,(H2,29,31). The van der Waals surface area contributed by atoms with Crippen LogP contribution in [0, 0.1) is 22.7 Å². The number of nitrogens with zero attached hydrogens (tertiary/aromatic N) is 4. The van der Waals surface area contributed by atoms with Crippen molar-refractivity contribution in [1.82, 2.24) is 9.97 Å². The smallest absolute Gasteiger partial charge is 0.143 e. The zero-order chi connectivity index (χ0) is 24.6. The fourth-order valence-electron chi connectivity index (χ4n) is 3.38. The van der Waals surface area contributed by atoms with Gasteiger partial charge in [0.2, 0.25) is 0 Å². The molecule has 4 aromatic rings. The van der Waals surface area contributed by atoms with Crippen LogP contribution in [-0.2, 0) is 10.5 Å². The van der Waals surface area contributed by atoms with Gasteiger partial charge in [-0.3, -0.25) is 0 Å². The van der Waals surface area contributed by atoms with Crippen LogP contribution in [0.25, 0.3) is 21.7 Å². The minimum absolute atomic E-state index is 0.0904. The van der Waals surface area contributed by atoms with Crippen LogP contribution in [-0.4, -0.2) is 30.3 Å². The Balaban J connectivity index is 1.61. The molecule has 0 aliphatic heterocycles. The summed E-state index contributed by atoms with van der Waals surface area (Å²) in [5, 5.41) is 23.2. The summed E-state index contributed by atoms with van der Waals surface area (Å²) in [7, 11) is 1.61. The second kappa shape index (κ2) is 11.5. The van der Waals surface area contributed by atoms with E-state index in [1.165, 1.54) is 11.8 Å². The summed E-state index contributed by atoms with van der Waals surface area (Å²) in [5.74, 6) is 1.27. The Bertz CT molecular complexity index is 1390. The van der Waals surface area contributed by atoms with Crippen molar-refractivity contribution in [2.24, 2.45) is 0 Å². The van der Waals surface area contributed by atoms with E-state index in [1.54, 1.807) is 42.7 Å². The molecular formula is C26H21N5O2S2. The van der Waals surface area contributed by atoms with Crippen LogP contribution in [0.2, 0.25) is 0 Å². The molecule has 0 atom stereocenters. The van der Waals surface area contributed by atoms with Gasteiger partial charge in [0.1, 0.15) is 45.9 Å². The number of thiazole rings is 1. The number of anilines is 1. The number of hydrogen-bond donors (Lipinski definition) is 1. The molecule has 9 heteroatoms. The van der Waals surface area contributed by atoms with E-state index in [2.05, 4.69) is 17.1 Å². The molecule has 2 aromatic carbocycles. The van der Waals surface area contributed by atoms with Gasteiger partial charge in [0, 0.05) is 29.4 Å². The highest BCUT2D eigenvalue weighted by molar-refractivity contribution is 7.98. The fourth-order valence-corrected chi connectivity index (χ4v) is 5.20. The van der Waals surface area contributed by atoms with E-state index < -0.39 is 0 Å². The summed E-state index contributed by atoms with van der Waals surface area (Å²) in [5.41, 5.74) is 9.73. The molecule has 0 aliphatic rings. The molecule has 2 N–H and O–H groups in total. The van der Waals surface area contributed by atoms with E-state index in [0.717, 1.165) is 16.3 Å². The number of nitriles is 2. The number of aromatic nitrogens is 2. The molecule has 0 radical (unpaired) electrons. The van der Waals surface area contributed by atoms with Crippen LogP contribution in [0.15, 0.2) is 65.0 Å². The van der Waals surface area contributed by atoms with Crippen molar-refractivity contribution in [3.05, 3.63) is 76.8 Å². The first-order valence-corrected chi connectivity index (χ1v) is 12.5. The molecule has 2 aromatic heterocycles. The van der Waals surface area contributed by atoms with Gasteiger partial charge in [-0.1, -0.05) is 54.2 Å². The van der Waals surface area contributed by atoms with Crippen LogP contribution in [0.3, 0.4) is 0 Å². The number of thioether (sulfide) groups is 1. The van der Waals surface area contributed by atoms with Crippen molar-refractivity contribution in [1.29, 1.82) is 10.5 Å². The first-order chi connectivity index (χ1) is 17.1. The Morgan fingerprint density at radius 3 is 2.37 bits per heavy atom. The predicted molar refractivity (Wildman–Crippen MR) is 138 cm³/mol. The van der Waals surface area contributed by atoms with Gasteiger partial charge in [-0.15, -0.1) is 11.3 Å². The molecule has 0 fully saturated rings. The minimum atomic E-state index is 0.0904. The number of nitrogen functional groups attached to an aromatic ring is 1. The van der Waals surface area contributed by atoms with E-state index in [-0.39, 0.29) is 11.4 Å². The molecule has 0 amide bonds. The third-order valence-corrected chi connectivity index (χ3v) is 6.99. The topological polar surface area (TPSA) is 118 Å². The Labute approximate surface area is 211 Å². The highest BCUT2D eigenvalue weighted by Gasteiger charge is 2.21. The van der Waals surface area contributed by atoms with Crippen molar-refractivity contribution in [2.45, 2.75) is 10.8 Å². The molecule has 0 saturated carbocycles. The van der Waals surface area contributed by atoms with Crippen LogP contribution in [0.5, 0.6) is 5.75 Å². The predicted octanol–water partition coefficient (Wildman–Crippen LogP) is 5.52. The molecule has 0 unspecified atom stereocenters. The van der Waals surface area contributed by atoms with Crippen molar-refractivity contribution in [3.8, 4) is 39.6 Å². The number of hydrogen-bond acceptors (Lipinski definition) is 9. The number of benzene rings is 2. The van der Waals surface area contributed by atoms with Crippen molar-refractivity contribution in [2.75, 3.05) is 26.1 Å². The highest BCUT2D eigenvalue weighted by Crippen LogP contribution is 2.37. The zero-order valence-corrected chi connectivity index (χ0v) is 20.5. The molecule has 7 nitrogen and oxygen atoms in total. The van der Waals surface area contributed by atoms with Crippen molar-refractivity contribution >= 4 is 28.9 Å². The monoisotopic (exact) mass is 499 g/mol. The first kappa shape index (κ1) is 24.2. The van der Waals surface area contributed by atoms with Gasteiger partial charge in [-0.05, 0) is 17.7 Å². The summed E-state index contributed by atoms with van der Waals surface area (Å²) >= 11 is 2.94. The molecule has 0 bridgehead atoms. The highest BCUT2D eigenvalue weighted by atomic mass is 32.2. The van der Waals surface area contributed by atoms with Crippen LogP contribution in [0.1, 0.15) is 16.8 Å². The Morgan fingerprint density at radius 1 is 0.943 bits per heavy atom. The average molecular weight is 500 g/mol. The second-order valence-electron chi connectivity index (χ2n) is 7.32.